The normalized spacial score (nSPS) is 11.4. The highest BCUT2D eigenvalue weighted by Gasteiger charge is 2.22. The molecule has 0 N–H and O–H groups in total. The van der Waals surface area contributed by atoms with Crippen LogP contribution < -0.4 is 4.90 Å². The van der Waals surface area contributed by atoms with Crippen LogP contribution in [0, 0.1) is 13.8 Å². The Kier molecular flexibility index (Phi) is 5.73. The van der Waals surface area contributed by atoms with Crippen LogP contribution in [0.25, 0.3) is 10.2 Å². The van der Waals surface area contributed by atoms with Gasteiger partial charge < -0.3 is 4.42 Å². The summed E-state index contributed by atoms with van der Waals surface area (Å²) in [4.78, 5) is 19.9. The highest BCUT2D eigenvalue weighted by molar-refractivity contribution is 7.22. The molecule has 0 saturated carbocycles. The molecule has 4 nitrogen and oxygen atoms in total. The maximum Gasteiger partial charge on any atom is 0.233 e. The molecule has 0 radical (unpaired) electrons. The van der Waals surface area contributed by atoms with Crippen molar-refractivity contribution in [3.63, 3.8) is 0 Å². The molecule has 0 aliphatic heterocycles. The van der Waals surface area contributed by atoms with Gasteiger partial charge in [-0.2, -0.15) is 0 Å². The number of carbonyl (C=O) groups is 1. The summed E-state index contributed by atoms with van der Waals surface area (Å²) >= 11 is 1.55. The molecule has 0 bridgehead atoms. The van der Waals surface area contributed by atoms with E-state index in [0.29, 0.717) is 24.0 Å². The number of fused-ring (bicyclic) bond motifs is 1. The van der Waals surface area contributed by atoms with Gasteiger partial charge in [0.05, 0.1) is 29.4 Å². The van der Waals surface area contributed by atoms with Gasteiger partial charge in [-0.3, -0.25) is 9.69 Å². The van der Waals surface area contributed by atoms with Crippen molar-refractivity contribution in [2.75, 3.05) is 4.90 Å². The summed E-state index contributed by atoms with van der Waals surface area (Å²) in [5.41, 5.74) is 5.60. The van der Waals surface area contributed by atoms with Gasteiger partial charge in [0, 0.05) is 0 Å². The zero-order chi connectivity index (χ0) is 21.3. The number of benzene rings is 2. The number of anilines is 1. The fourth-order valence-corrected chi connectivity index (χ4v) is 4.48. The molecule has 0 atom stereocenters. The third-order valence-electron chi connectivity index (χ3n) is 5.50. The van der Waals surface area contributed by atoms with Gasteiger partial charge in [0.25, 0.3) is 0 Å². The van der Waals surface area contributed by atoms with Crippen molar-refractivity contribution in [1.82, 2.24) is 4.98 Å². The number of rotatable bonds is 6. The average molecular weight is 419 g/mol. The first-order chi connectivity index (χ1) is 14.4. The average Bonchev–Trinajstić information content (AvgIpc) is 3.39. The molecule has 1 amide bonds. The van der Waals surface area contributed by atoms with Crippen LogP contribution in [0.3, 0.4) is 0 Å². The van der Waals surface area contributed by atoms with Crippen molar-refractivity contribution in [1.29, 1.82) is 0 Å². The van der Waals surface area contributed by atoms with Crippen LogP contribution in [-0.2, 0) is 17.8 Å². The predicted molar refractivity (Wildman–Crippen MR) is 123 cm³/mol. The molecule has 30 heavy (non-hydrogen) atoms. The maximum atomic E-state index is 13.3. The zero-order valence-corrected chi connectivity index (χ0v) is 18.6. The van der Waals surface area contributed by atoms with E-state index in [-0.39, 0.29) is 5.91 Å². The predicted octanol–water partition coefficient (Wildman–Crippen LogP) is 6.41. The number of nitrogens with zero attached hydrogens (tertiary/aromatic N) is 2. The molecule has 5 heteroatoms. The third kappa shape index (κ3) is 4.17. The third-order valence-corrected chi connectivity index (χ3v) is 6.54. The Morgan fingerprint density at radius 2 is 1.87 bits per heavy atom. The molecule has 2 aromatic carbocycles. The van der Waals surface area contributed by atoms with E-state index < -0.39 is 0 Å². The van der Waals surface area contributed by atoms with E-state index in [1.54, 1.807) is 22.5 Å². The summed E-state index contributed by atoms with van der Waals surface area (Å²) in [5, 5.41) is 0.707. The molecule has 0 aliphatic carbocycles. The van der Waals surface area contributed by atoms with Gasteiger partial charge in [-0.05, 0) is 60.2 Å². The van der Waals surface area contributed by atoms with Gasteiger partial charge in [-0.25, -0.2) is 4.98 Å². The maximum absolute atomic E-state index is 13.3. The minimum atomic E-state index is 0.0112. The fraction of sp³-hybridized carbons (Fsp3) is 0.280. The molecule has 4 aromatic rings. The quantitative estimate of drug-likeness (QED) is 0.364. The first-order valence-electron chi connectivity index (χ1n) is 10.2. The van der Waals surface area contributed by atoms with E-state index in [0.717, 1.165) is 27.1 Å². The van der Waals surface area contributed by atoms with Crippen molar-refractivity contribution in [2.24, 2.45) is 0 Å². The smallest absolute Gasteiger partial charge is 0.233 e. The Morgan fingerprint density at radius 3 is 2.53 bits per heavy atom. The summed E-state index contributed by atoms with van der Waals surface area (Å²) in [5.74, 6) is 1.22. The molecular weight excluding hydrogens is 392 g/mol. The van der Waals surface area contributed by atoms with Crippen LogP contribution in [0.5, 0.6) is 0 Å². The van der Waals surface area contributed by atoms with Gasteiger partial charge in [0.15, 0.2) is 5.13 Å². The number of furan rings is 1. The van der Waals surface area contributed by atoms with Crippen molar-refractivity contribution in [3.05, 3.63) is 82.8 Å². The lowest BCUT2D eigenvalue weighted by Crippen LogP contribution is -2.31. The van der Waals surface area contributed by atoms with Gasteiger partial charge in [-0.15, -0.1) is 0 Å². The van der Waals surface area contributed by atoms with E-state index in [4.69, 9.17) is 9.40 Å². The molecule has 0 fully saturated rings. The van der Waals surface area contributed by atoms with Crippen LogP contribution in [-0.4, -0.2) is 10.9 Å². The first-order valence-corrected chi connectivity index (χ1v) is 11.0. The lowest BCUT2D eigenvalue weighted by molar-refractivity contribution is -0.118. The number of carbonyl (C=O) groups excluding carboxylic acids is 1. The Hall–Kier alpha value is -2.92. The summed E-state index contributed by atoms with van der Waals surface area (Å²) in [6, 6.07) is 16.2. The van der Waals surface area contributed by atoms with Crippen molar-refractivity contribution in [2.45, 2.75) is 46.6 Å². The van der Waals surface area contributed by atoms with Gasteiger partial charge in [0.2, 0.25) is 5.91 Å². The molecule has 2 heterocycles. The largest absolute Gasteiger partial charge is 0.467 e. The molecular formula is C25H26N2O2S. The molecule has 2 aromatic heterocycles. The second-order valence-electron chi connectivity index (χ2n) is 7.98. The SMILES string of the molecule is Cc1ccc2sc(N(Cc3ccco3)C(=O)Cc3ccc(C(C)C)cc3)nc2c1C. The summed E-state index contributed by atoms with van der Waals surface area (Å²) in [7, 11) is 0. The van der Waals surface area contributed by atoms with Crippen LogP contribution >= 0.6 is 11.3 Å². The Bertz CT molecular complexity index is 1160. The number of aryl methyl sites for hydroxylation is 2. The zero-order valence-electron chi connectivity index (χ0n) is 17.8. The monoisotopic (exact) mass is 418 g/mol. The van der Waals surface area contributed by atoms with E-state index >= 15 is 0 Å². The molecule has 0 saturated heterocycles. The Morgan fingerprint density at radius 1 is 1.10 bits per heavy atom. The number of hydrogen-bond donors (Lipinski definition) is 0. The molecule has 0 spiro atoms. The lowest BCUT2D eigenvalue weighted by atomic mass is 10.0. The van der Waals surface area contributed by atoms with Crippen LogP contribution in [0.4, 0.5) is 5.13 Å². The molecule has 4 rings (SSSR count). The lowest BCUT2D eigenvalue weighted by Gasteiger charge is -2.19. The van der Waals surface area contributed by atoms with Crippen LogP contribution in [0.15, 0.2) is 59.2 Å². The fourth-order valence-electron chi connectivity index (χ4n) is 3.44. The highest BCUT2D eigenvalue weighted by atomic mass is 32.1. The molecule has 0 unspecified atom stereocenters. The number of hydrogen-bond acceptors (Lipinski definition) is 4. The van der Waals surface area contributed by atoms with Gasteiger partial charge >= 0.3 is 0 Å². The molecule has 154 valence electrons. The van der Waals surface area contributed by atoms with Crippen molar-refractivity contribution in [3.8, 4) is 0 Å². The Balaban J connectivity index is 1.65. The molecule has 0 aliphatic rings. The first kappa shape index (κ1) is 20.4. The summed E-state index contributed by atoms with van der Waals surface area (Å²) in [6.07, 6.45) is 1.96. The van der Waals surface area contributed by atoms with Crippen molar-refractivity contribution >= 4 is 32.6 Å². The van der Waals surface area contributed by atoms with E-state index in [2.05, 4.69) is 52.0 Å². The topological polar surface area (TPSA) is 46.3 Å². The standard InChI is InChI=1S/C25H26N2O2S/c1-16(2)20-10-8-19(9-11-20)14-23(28)27(15-21-6-5-13-29-21)25-26-24-18(4)17(3)7-12-22(24)30-25/h5-13,16H,14-15H2,1-4H3. The van der Waals surface area contributed by atoms with Gasteiger partial charge in [0.1, 0.15) is 5.76 Å². The number of aromatic nitrogens is 1. The van der Waals surface area contributed by atoms with E-state index in [9.17, 15) is 4.79 Å². The van der Waals surface area contributed by atoms with Crippen LogP contribution in [0.2, 0.25) is 0 Å². The van der Waals surface area contributed by atoms with Crippen molar-refractivity contribution < 1.29 is 9.21 Å². The second-order valence-corrected chi connectivity index (χ2v) is 8.99. The summed E-state index contributed by atoms with van der Waals surface area (Å²) in [6.45, 7) is 8.87. The number of amides is 1. The summed E-state index contributed by atoms with van der Waals surface area (Å²) < 4.78 is 6.62. The van der Waals surface area contributed by atoms with E-state index in [1.165, 1.54) is 11.1 Å². The van der Waals surface area contributed by atoms with E-state index in [1.807, 2.05) is 24.3 Å². The van der Waals surface area contributed by atoms with Gasteiger partial charge in [-0.1, -0.05) is 55.5 Å². The number of thiazole rings is 1. The second kappa shape index (κ2) is 8.44. The highest BCUT2D eigenvalue weighted by Crippen LogP contribution is 2.33. The Labute approximate surface area is 181 Å². The minimum Gasteiger partial charge on any atom is -0.467 e. The van der Waals surface area contributed by atoms with Crippen LogP contribution in [0.1, 0.15) is 47.8 Å². The minimum absolute atomic E-state index is 0.0112.